The van der Waals surface area contributed by atoms with Crippen LogP contribution < -0.4 is 0 Å². The van der Waals surface area contributed by atoms with Crippen LogP contribution in [0.3, 0.4) is 0 Å². The molecule has 1 N–H and O–H groups in total. The van der Waals surface area contributed by atoms with E-state index in [-0.39, 0.29) is 12.7 Å². The van der Waals surface area contributed by atoms with Crippen molar-refractivity contribution >= 4 is 6.09 Å². The van der Waals surface area contributed by atoms with Crippen LogP contribution in [0.5, 0.6) is 0 Å². The van der Waals surface area contributed by atoms with Crippen molar-refractivity contribution in [3.8, 4) is 0 Å². The molecule has 0 saturated carbocycles. The van der Waals surface area contributed by atoms with Gasteiger partial charge in [-0.3, -0.25) is 0 Å². The summed E-state index contributed by atoms with van der Waals surface area (Å²) >= 11 is 0. The zero-order chi connectivity index (χ0) is 12.7. The molecule has 4 heteroatoms. The molecule has 0 unspecified atom stereocenters. The molecule has 0 saturated heterocycles. The zero-order valence-corrected chi connectivity index (χ0v) is 10.3. The Hall–Kier alpha value is -1.55. The molecule has 0 aliphatic rings. The smallest absolute Gasteiger partial charge is 0.409 e. The van der Waals surface area contributed by atoms with Crippen molar-refractivity contribution in [3.05, 3.63) is 35.9 Å². The molecule has 0 spiro atoms. The standard InChI is InChI=1S/C13H19NO3/c1-11(15)8-9-14(2)13(16)17-10-12-6-4-3-5-7-12/h3-7,11,15H,8-10H2,1-2H3/t11-/m1/s1. The first-order valence-electron chi connectivity index (χ1n) is 5.69. The molecule has 1 aromatic carbocycles. The van der Waals surface area contributed by atoms with Gasteiger partial charge in [0.2, 0.25) is 0 Å². The minimum atomic E-state index is -0.403. The summed E-state index contributed by atoms with van der Waals surface area (Å²) in [4.78, 5) is 13.0. The van der Waals surface area contributed by atoms with Crippen molar-refractivity contribution in [1.29, 1.82) is 0 Å². The lowest BCUT2D eigenvalue weighted by molar-refractivity contribution is 0.0973. The fourth-order valence-corrected chi connectivity index (χ4v) is 1.30. The Bertz CT molecular complexity index is 338. The summed E-state index contributed by atoms with van der Waals surface area (Å²) in [7, 11) is 1.66. The van der Waals surface area contributed by atoms with Gasteiger partial charge in [-0.05, 0) is 18.9 Å². The summed E-state index contributed by atoms with van der Waals surface area (Å²) in [5.74, 6) is 0. The number of benzene rings is 1. The molecule has 4 nitrogen and oxygen atoms in total. The predicted molar refractivity (Wildman–Crippen MR) is 65.6 cm³/mol. The van der Waals surface area contributed by atoms with Crippen LogP contribution in [0.4, 0.5) is 4.79 Å². The quantitative estimate of drug-likeness (QED) is 0.852. The molecule has 1 rings (SSSR count). The van der Waals surface area contributed by atoms with Crippen molar-refractivity contribution < 1.29 is 14.6 Å². The van der Waals surface area contributed by atoms with E-state index < -0.39 is 6.10 Å². The number of carbonyl (C=O) groups is 1. The van der Waals surface area contributed by atoms with E-state index >= 15 is 0 Å². The third-order valence-electron chi connectivity index (χ3n) is 2.40. The first-order chi connectivity index (χ1) is 8.09. The minimum absolute atomic E-state index is 0.276. The molecule has 0 fully saturated rings. The Kier molecular flexibility index (Phi) is 5.49. The molecule has 1 atom stereocenters. The van der Waals surface area contributed by atoms with Crippen molar-refractivity contribution in [2.45, 2.75) is 26.1 Å². The van der Waals surface area contributed by atoms with Crippen LogP contribution in [-0.2, 0) is 11.3 Å². The number of hydrogen-bond donors (Lipinski definition) is 1. The van der Waals surface area contributed by atoms with Gasteiger partial charge in [0, 0.05) is 13.6 Å². The molecule has 0 heterocycles. The van der Waals surface area contributed by atoms with E-state index in [1.165, 1.54) is 4.90 Å². The van der Waals surface area contributed by atoms with Crippen molar-refractivity contribution in [1.82, 2.24) is 4.90 Å². The average Bonchev–Trinajstić information content (AvgIpc) is 2.34. The summed E-state index contributed by atoms with van der Waals surface area (Å²) < 4.78 is 5.13. The number of aliphatic hydroxyl groups excluding tert-OH is 1. The van der Waals surface area contributed by atoms with E-state index in [1.54, 1.807) is 14.0 Å². The van der Waals surface area contributed by atoms with Gasteiger partial charge in [-0.15, -0.1) is 0 Å². The molecule has 17 heavy (non-hydrogen) atoms. The number of amides is 1. The third-order valence-corrected chi connectivity index (χ3v) is 2.40. The van der Waals surface area contributed by atoms with Crippen LogP contribution in [0.2, 0.25) is 0 Å². The van der Waals surface area contributed by atoms with Crippen LogP contribution in [-0.4, -0.2) is 35.8 Å². The van der Waals surface area contributed by atoms with Gasteiger partial charge in [-0.1, -0.05) is 30.3 Å². The number of carbonyl (C=O) groups excluding carboxylic acids is 1. The van der Waals surface area contributed by atoms with Gasteiger partial charge in [0.15, 0.2) is 0 Å². The molecule has 1 amide bonds. The van der Waals surface area contributed by atoms with Crippen LogP contribution in [0.1, 0.15) is 18.9 Å². The lowest BCUT2D eigenvalue weighted by atomic mass is 10.2. The van der Waals surface area contributed by atoms with Crippen molar-refractivity contribution in [3.63, 3.8) is 0 Å². The second kappa shape index (κ2) is 6.91. The van der Waals surface area contributed by atoms with Gasteiger partial charge in [0.05, 0.1) is 6.10 Å². The molecule has 94 valence electrons. The van der Waals surface area contributed by atoms with Gasteiger partial charge in [-0.25, -0.2) is 4.79 Å². The van der Waals surface area contributed by atoms with Gasteiger partial charge in [-0.2, -0.15) is 0 Å². The monoisotopic (exact) mass is 237 g/mol. The number of rotatable bonds is 5. The van der Waals surface area contributed by atoms with Crippen molar-refractivity contribution in [2.75, 3.05) is 13.6 Å². The topological polar surface area (TPSA) is 49.8 Å². The van der Waals surface area contributed by atoms with Crippen LogP contribution in [0.15, 0.2) is 30.3 Å². The first kappa shape index (κ1) is 13.5. The van der Waals surface area contributed by atoms with Crippen LogP contribution in [0, 0.1) is 0 Å². The van der Waals surface area contributed by atoms with Gasteiger partial charge < -0.3 is 14.7 Å². The second-order valence-corrected chi connectivity index (χ2v) is 4.10. The van der Waals surface area contributed by atoms with E-state index in [0.717, 1.165) is 5.56 Å². The highest BCUT2D eigenvalue weighted by Crippen LogP contribution is 2.03. The van der Waals surface area contributed by atoms with E-state index in [4.69, 9.17) is 9.84 Å². The van der Waals surface area contributed by atoms with E-state index in [2.05, 4.69) is 0 Å². The number of nitrogens with zero attached hydrogens (tertiary/aromatic N) is 1. The largest absolute Gasteiger partial charge is 0.445 e. The Balaban J connectivity index is 2.29. The highest BCUT2D eigenvalue weighted by Gasteiger charge is 2.10. The molecule has 0 aliphatic carbocycles. The molecule has 0 aromatic heterocycles. The van der Waals surface area contributed by atoms with Crippen LogP contribution in [0.25, 0.3) is 0 Å². The van der Waals surface area contributed by atoms with E-state index in [1.807, 2.05) is 30.3 Å². The van der Waals surface area contributed by atoms with Gasteiger partial charge in [0.1, 0.15) is 6.61 Å². The Labute approximate surface area is 102 Å². The zero-order valence-electron chi connectivity index (χ0n) is 10.3. The highest BCUT2D eigenvalue weighted by molar-refractivity contribution is 5.67. The lowest BCUT2D eigenvalue weighted by Crippen LogP contribution is -2.29. The molecule has 0 bridgehead atoms. The van der Waals surface area contributed by atoms with Crippen LogP contribution >= 0.6 is 0 Å². The number of aliphatic hydroxyl groups is 1. The SMILES string of the molecule is C[C@@H](O)CCN(C)C(=O)OCc1ccccc1. The fraction of sp³-hybridized carbons (Fsp3) is 0.462. The third kappa shape index (κ3) is 5.36. The normalized spacial score (nSPS) is 11.9. The van der Waals surface area contributed by atoms with Crippen molar-refractivity contribution in [2.24, 2.45) is 0 Å². The molecule has 1 aromatic rings. The highest BCUT2D eigenvalue weighted by atomic mass is 16.6. The average molecular weight is 237 g/mol. The lowest BCUT2D eigenvalue weighted by Gasteiger charge is -2.17. The molecular weight excluding hydrogens is 218 g/mol. The Morgan fingerprint density at radius 2 is 2.06 bits per heavy atom. The van der Waals surface area contributed by atoms with E-state index in [9.17, 15) is 4.79 Å². The van der Waals surface area contributed by atoms with Gasteiger partial charge in [0.25, 0.3) is 0 Å². The Morgan fingerprint density at radius 3 is 2.65 bits per heavy atom. The maximum Gasteiger partial charge on any atom is 0.409 e. The fourth-order valence-electron chi connectivity index (χ4n) is 1.30. The summed E-state index contributed by atoms with van der Waals surface area (Å²) in [5.41, 5.74) is 0.963. The molecular formula is C13H19NO3. The summed E-state index contributed by atoms with van der Waals surface area (Å²) in [5, 5.41) is 9.11. The molecule has 0 aliphatic heterocycles. The minimum Gasteiger partial charge on any atom is -0.445 e. The predicted octanol–water partition coefficient (Wildman–Crippen LogP) is 2.03. The number of hydrogen-bond acceptors (Lipinski definition) is 3. The summed E-state index contributed by atoms with van der Waals surface area (Å²) in [6.07, 6.45) is -0.217. The Morgan fingerprint density at radius 1 is 1.41 bits per heavy atom. The maximum atomic E-state index is 11.6. The second-order valence-electron chi connectivity index (χ2n) is 4.10. The molecule has 0 radical (unpaired) electrons. The van der Waals surface area contributed by atoms with Gasteiger partial charge >= 0.3 is 6.09 Å². The first-order valence-corrected chi connectivity index (χ1v) is 5.69. The summed E-state index contributed by atoms with van der Waals surface area (Å²) in [6.45, 7) is 2.47. The van der Waals surface area contributed by atoms with E-state index in [0.29, 0.717) is 13.0 Å². The summed E-state index contributed by atoms with van der Waals surface area (Å²) in [6, 6.07) is 9.53. The number of ether oxygens (including phenoxy) is 1. The maximum absolute atomic E-state index is 11.6.